The van der Waals surface area contributed by atoms with Crippen molar-refractivity contribution in [3.63, 3.8) is 0 Å². The molecule has 0 unspecified atom stereocenters. The van der Waals surface area contributed by atoms with Gasteiger partial charge in [0.1, 0.15) is 16.9 Å². The summed E-state index contributed by atoms with van der Waals surface area (Å²) in [4.78, 5) is 39.5. The fourth-order valence-corrected chi connectivity index (χ4v) is 3.07. The van der Waals surface area contributed by atoms with Gasteiger partial charge in [0.05, 0.1) is 22.1 Å². The van der Waals surface area contributed by atoms with Crippen LogP contribution in [-0.4, -0.2) is 24.5 Å². The molecular formula is C15H13Cl2N5O2. The molecule has 0 aromatic carbocycles. The maximum absolute atomic E-state index is 12.5. The Labute approximate surface area is 146 Å². The van der Waals surface area contributed by atoms with E-state index in [1.54, 1.807) is 6.92 Å². The Morgan fingerprint density at radius 3 is 2.58 bits per heavy atom. The number of hydrogen-bond donors (Lipinski definition) is 1. The maximum atomic E-state index is 12.5. The Kier molecular flexibility index (Phi) is 4.15. The molecular weight excluding hydrogens is 353 g/mol. The first-order valence-electron chi connectivity index (χ1n) is 7.14. The molecule has 1 N–H and O–H groups in total. The number of hydrogen-bond acceptors (Lipinski definition) is 5. The summed E-state index contributed by atoms with van der Waals surface area (Å²) in [6.45, 7) is 5.63. The number of aryl methyl sites for hydroxylation is 1. The maximum Gasteiger partial charge on any atom is 0.334 e. The molecule has 3 aromatic heterocycles. The molecule has 0 spiro atoms. The van der Waals surface area contributed by atoms with Gasteiger partial charge in [-0.15, -0.1) is 0 Å². The summed E-state index contributed by atoms with van der Waals surface area (Å²) < 4.78 is 1.25. The Bertz CT molecular complexity index is 1070. The smallest absolute Gasteiger partial charge is 0.273 e. The van der Waals surface area contributed by atoms with E-state index < -0.39 is 11.2 Å². The van der Waals surface area contributed by atoms with Gasteiger partial charge in [-0.3, -0.25) is 9.78 Å². The highest BCUT2D eigenvalue weighted by atomic mass is 35.5. The predicted octanol–water partition coefficient (Wildman–Crippen LogP) is 2.60. The summed E-state index contributed by atoms with van der Waals surface area (Å²) in [5.41, 5.74) is 0.475. The van der Waals surface area contributed by atoms with Crippen LogP contribution in [-0.2, 0) is 0 Å². The number of aromatic amines is 1. The van der Waals surface area contributed by atoms with E-state index in [0.29, 0.717) is 17.1 Å². The van der Waals surface area contributed by atoms with Gasteiger partial charge < -0.3 is 0 Å². The molecule has 3 heterocycles. The van der Waals surface area contributed by atoms with Crippen LogP contribution in [0.3, 0.4) is 0 Å². The van der Waals surface area contributed by atoms with E-state index in [0.717, 1.165) is 0 Å². The number of rotatable bonds is 2. The largest absolute Gasteiger partial charge is 0.334 e. The molecule has 0 saturated carbocycles. The summed E-state index contributed by atoms with van der Waals surface area (Å²) in [6, 6.07) is 1.35. The second kappa shape index (κ2) is 5.99. The van der Waals surface area contributed by atoms with Crippen LogP contribution < -0.4 is 11.2 Å². The summed E-state index contributed by atoms with van der Waals surface area (Å²) in [7, 11) is 0. The molecule has 0 aliphatic carbocycles. The molecule has 0 amide bonds. The SMILES string of the molecule is Cc1ncnc(C(C)C)c1-n1c(=O)[nH]c(=O)c2c(Cl)cc(Cl)nc21. The van der Waals surface area contributed by atoms with Crippen molar-refractivity contribution in [3.05, 3.63) is 54.8 Å². The molecule has 3 aromatic rings. The number of nitrogens with one attached hydrogen (secondary N) is 1. The third kappa shape index (κ3) is 2.59. The average molecular weight is 366 g/mol. The van der Waals surface area contributed by atoms with E-state index in [1.807, 2.05) is 13.8 Å². The van der Waals surface area contributed by atoms with E-state index in [4.69, 9.17) is 23.2 Å². The first-order chi connectivity index (χ1) is 11.3. The predicted molar refractivity (Wildman–Crippen MR) is 92.4 cm³/mol. The Morgan fingerprint density at radius 1 is 1.21 bits per heavy atom. The fraction of sp³-hybridized carbons (Fsp3) is 0.267. The van der Waals surface area contributed by atoms with Gasteiger partial charge in [0, 0.05) is 0 Å². The van der Waals surface area contributed by atoms with Crippen LogP contribution in [0.25, 0.3) is 16.7 Å². The first-order valence-corrected chi connectivity index (χ1v) is 7.89. The van der Waals surface area contributed by atoms with Crippen molar-refractivity contribution in [2.45, 2.75) is 26.7 Å². The van der Waals surface area contributed by atoms with Crippen molar-refractivity contribution < 1.29 is 0 Å². The minimum atomic E-state index is -0.655. The lowest BCUT2D eigenvalue weighted by atomic mass is 10.1. The van der Waals surface area contributed by atoms with Crippen molar-refractivity contribution in [3.8, 4) is 5.69 Å². The van der Waals surface area contributed by atoms with Crippen LogP contribution in [0.2, 0.25) is 10.2 Å². The molecule has 0 fully saturated rings. The number of H-pyrrole nitrogens is 1. The zero-order chi connectivity index (χ0) is 17.6. The highest BCUT2D eigenvalue weighted by Gasteiger charge is 2.20. The summed E-state index contributed by atoms with van der Waals surface area (Å²) in [5.74, 6) is 0.0187. The van der Waals surface area contributed by atoms with Crippen molar-refractivity contribution in [2.24, 2.45) is 0 Å². The highest BCUT2D eigenvalue weighted by Crippen LogP contribution is 2.26. The molecule has 3 rings (SSSR count). The van der Waals surface area contributed by atoms with E-state index in [9.17, 15) is 9.59 Å². The van der Waals surface area contributed by atoms with Crippen molar-refractivity contribution >= 4 is 34.2 Å². The van der Waals surface area contributed by atoms with E-state index >= 15 is 0 Å². The van der Waals surface area contributed by atoms with Crippen molar-refractivity contribution in [2.75, 3.05) is 0 Å². The van der Waals surface area contributed by atoms with Crippen molar-refractivity contribution in [1.29, 1.82) is 0 Å². The molecule has 0 radical (unpaired) electrons. The molecule has 0 atom stereocenters. The number of aromatic nitrogens is 5. The number of pyridine rings is 1. The molecule has 7 nitrogen and oxygen atoms in total. The zero-order valence-electron chi connectivity index (χ0n) is 13.1. The fourth-order valence-electron chi connectivity index (χ4n) is 2.55. The molecule has 0 aliphatic heterocycles. The molecule has 124 valence electrons. The lowest BCUT2D eigenvalue weighted by Crippen LogP contribution is -2.31. The van der Waals surface area contributed by atoms with E-state index in [1.165, 1.54) is 17.0 Å². The Morgan fingerprint density at radius 2 is 1.92 bits per heavy atom. The zero-order valence-corrected chi connectivity index (χ0v) is 14.6. The number of fused-ring (bicyclic) bond motifs is 1. The third-order valence-corrected chi connectivity index (χ3v) is 4.08. The van der Waals surface area contributed by atoms with Gasteiger partial charge in [-0.05, 0) is 18.9 Å². The highest BCUT2D eigenvalue weighted by molar-refractivity contribution is 6.37. The van der Waals surface area contributed by atoms with Gasteiger partial charge in [0.25, 0.3) is 5.56 Å². The monoisotopic (exact) mass is 365 g/mol. The van der Waals surface area contributed by atoms with Crippen molar-refractivity contribution in [1.82, 2.24) is 24.5 Å². The van der Waals surface area contributed by atoms with E-state index in [2.05, 4.69) is 19.9 Å². The van der Waals surface area contributed by atoms with Crippen LogP contribution in [0, 0.1) is 6.92 Å². The molecule has 0 bridgehead atoms. The first kappa shape index (κ1) is 16.6. The van der Waals surface area contributed by atoms with Gasteiger partial charge in [-0.1, -0.05) is 37.0 Å². The average Bonchev–Trinajstić information content (AvgIpc) is 2.47. The van der Waals surface area contributed by atoms with Gasteiger partial charge in [-0.25, -0.2) is 24.3 Å². The lowest BCUT2D eigenvalue weighted by Gasteiger charge is -2.16. The summed E-state index contributed by atoms with van der Waals surface area (Å²) in [5, 5.41) is 0.270. The normalized spacial score (nSPS) is 11.4. The third-order valence-electron chi connectivity index (χ3n) is 3.59. The van der Waals surface area contributed by atoms with Crippen LogP contribution in [0.4, 0.5) is 0 Å². The van der Waals surface area contributed by atoms with Gasteiger partial charge >= 0.3 is 5.69 Å². The van der Waals surface area contributed by atoms with Crippen LogP contribution >= 0.6 is 23.2 Å². The standard InChI is InChI=1S/C15H13Cl2N5O2/c1-6(2)11-12(7(3)18-5-19-11)22-13-10(14(23)21-15(22)24)8(16)4-9(17)20-13/h4-6H,1-3H3,(H,21,23,24). The van der Waals surface area contributed by atoms with Crippen LogP contribution in [0.1, 0.15) is 31.2 Å². The summed E-state index contributed by atoms with van der Waals surface area (Å²) in [6.07, 6.45) is 1.43. The lowest BCUT2D eigenvalue weighted by molar-refractivity contribution is 0.775. The van der Waals surface area contributed by atoms with Gasteiger partial charge in [-0.2, -0.15) is 0 Å². The Hall–Kier alpha value is -2.25. The number of nitrogens with zero attached hydrogens (tertiary/aromatic N) is 4. The van der Waals surface area contributed by atoms with Crippen LogP contribution in [0.5, 0.6) is 0 Å². The molecule has 9 heteroatoms. The van der Waals surface area contributed by atoms with Gasteiger partial charge in [0.2, 0.25) is 0 Å². The number of halogens is 2. The quantitative estimate of drug-likeness (QED) is 0.704. The topological polar surface area (TPSA) is 93.5 Å². The van der Waals surface area contributed by atoms with E-state index in [-0.39, 0.29) is 27.1 Å². The minimum absolute atomic E-state index is 0.0187. The Balaban J connectivity index is 2.59. The summed E-state index contributed by atoms with van der Waals surface area (Å²) >= 11 is 12.1. The second-order valence-electron chi connectivity index (χ2n) is 5.57. The minimum Gasteiger partial charge on any atom is -0.273 e. The van der Waals surface area contributed by atoms with Gasteiger partial charge in [0.15, 0.2) is 5.65 Å². The molecule has 0 saturated heterocycles. The molecule has 0 aliphatic rings. The van der Waals surface area contributed by atoms with Crippen LogP contribution in [0.15, 0.2) is 22.0 Å². The molecule has 24 heavy (non-hydrogen) atoms. The second-order valence-corrected chi connectivity index (χ2v) is 6.36.